The third kappa shape index (κ3) is 3.91. The van der Waals surface area contributed by atoms with Gasteiger partial charge in [-0.2, -0.15) is 0 Å². The number of rotatable bonds is 3. The van der Waals surface area contributed by atoms with Gasteiger partial charge in [0.15, 0.2) is 0 Å². The van der Waals surface area contributed by atoms with Crippen LogP contribution in [0.4, 0.5) is 0 Å². The fraction of sp³-hybridized carbons (Fsp3) is 0.0638. The Labute approximate surface area is 280 Å². The first-order valence-electron chi connectivity index (χ1n) is 16.8. The van der Waals surface area contributed by atoms with Gasteiger partial charge in [-0.1, -0.05) is 141 Å². The lowest BCUT2D eigenvalue weighted by Gasteiger charge is -2.23. The molecule has 1 heteroatoms. The normalized spacial score (nSPS) is 13.5. The lowest BCUT2D eigenvalue weighted by Crippen LogP contribution is -2.15. The van der Waals surface area contributed by atoms with Gasteiger partial charge in [-0.25, -0.2) is 0 Å². The van der Waals surface area contributed by atoms with Crippen molar-refractivity contribution >= 4 is 21.5 Å². The van der Waals surface area contributed by atoms with Crippen molar-refractivity contribution in [2.24, 2.45) is 0 Å². The van der Waals surface area contributed by atoms with E-state index in [2.05, 4.69) is 172 Å². The maximum absolute atomic E-state index is 6.61. The van der Waals surface area contributed by atoms with Gasteiger partial charge in [-0.15, -0.1) is 0 Å². The number of ether oxygens (including phenoxy) is 1. The molecule has 0 unspecified atom stereocenters. The molecule has 8 aromatic rings. The quantitative estimate of drug-likeness (QED) is 0.193. The van der Waals surface area contributed by atoms with Crippen LogP contribution in [0.2, 0.25) is 0 Å². The van der Waals surface area contributed by atoms with Gasteiger partial charge in [-0.3, -0.25) is 0 Å². The van der Waals surface area contributed by atoms with E-state index in [9.17, 15) is 0 Å². The van der Waals surface area contributed by atoms with Crippen LogP contribution in [0, 0.1) is 0 Å². The zero-order chi connectivity index (χ0) is 32.0. The van der Waals surface area contributed by atoms with E-state index >= 15 is 0 Å². The zero-order valence-electron chi connectivity index (χ0n) is 26.9. The van der Waals surface area contributed by atoms with Gasteiger partial charge in [0.05, 0.1) is 0 Å². The van der Waals surface area contributed by atoms with Gasteiger partial charge in [0.1, 0.15) is 11.5 Å². The molecule has 0 bridgehead atoms. The summed E-state index contributed by atoms with van der Waals surface area (Å²) >= 11 is 0. The van der Waals surface area contributed by atoms with Crippen LogP contribution in [-0.2, 0) is 5.41 Å². The Morgan fingerprint density at radius 2 is 1.08 bits per heavy atom. The molecule has 0 amide bonds. The first kappa shape index (κ1) is 27.2. The molecule has 1 heterocycles. The molecule has 0 saturated heterocycles. The van der Waals surface area contributed by atoms with Crippen molar-refractivity contribution in [2.75, 3.05) is 0 Å². The van der Waals surface area contributed by atoms with Crippen LogP contribution in [0.25, 0.3) is 77.2 Å². The van der Waals surface area contributed by atoms with Gasteiger partial charge in [0.25, 0.3) is 0 Å². The molecule has 1 aliphatic heterocycles. The maximum Gasteiger partial charge on any atom is 0.135 e. The number of benzene rings is 8. The Morgan fingerprint density at radius 3 is 1.98 bits per heavy atom. The second kappa shape index (κ2) is 10.0. The van der Waals surface area contributed by atoms with Crippen LogP contribution < -0.4 is 4.74 Å². The van der Waals surface area contributed by atoms with E-state index < -0.39 is 0 Å². The van der Waals surface area contributed by atoms with Crippen molar-refractivity contribution < 1.29 is 4.74 Å². The van der Waals surface area contributed by atoms with Crippen molar-refractivity contribution in [3.63, 3.8) is 0 Å². The van der Waals surface area contributed by atoms with Gasteiger partial charge in [0.2, 0.25) is 0 Å². The van der Waals surface area contributed by atoms with Crippen molar-refractivity contribution in [3.05, 3.63) is 169 Å². The summed E-state index contributed by atoms with van der Waals surface area (Å²) in [5, 5.41) is 5.01. The molecule has 0 saturated carbocycles. The topological polar surface area (TPSA) is 9.23 Å². The van der Waals surface area contributed by atoms with E-state index in [1.54, 1.807) is 0 Å². The second-order valence-corrected chi connectivity index (χ2v) is 13.7. The van der Waals surface area contributed by atoms with E-state index in [4.69, 9.17) is 4.74 Å². The smallest absolute Gasteiger partial charge is 0.135 e. The summed E-state index contributed by atoms with van der Waals surface area (Å²) < 4.78 is 6.61. The fourth-order valence-corrected chi connectivity index (χ4v) is 8.25. The minimum atomic E-state index is -0.0728. The van der Waals surface area contributed by atoms with Gasteiger partial charge >= 0.3 is 0 Å². The predicted octanol–water partition coefficient (Wildman–Crippen LogP) is 13.1. The third-order valence-corrected chi connectivity index (χ3v) is 10.7. The third-order valence-electron chi connectivity index (χ3n) is 10.7. The highest BCUT2D eigenvalue weighted by atomic mass is 16.5. The first-order valence-corrected chi connectivity index (χ1v) is 16.8. The van der Waals surface area contributed by atoms with Crippen LogP contribution in [-0.4, -0.2) is 0 Å². The van der Waals surface area contributed by atoms with Crippen LogP contribution in [0.5, 0.6) is 11.5 Å². The summed E-state index contributed by atoms with van der Waals surface area (Å²) in [6.07, 6.45) is 0. The van der Waals surface area contributed by atoms with Gasteiger partial charge in [-0.05, 0) is 108 Å². The first-order chi connectivity index (χ1) is 23.5. The molecule has 2 aliphatic rings. The summed E-state index contributed by atoms with van der Waals surface area (Å²) in [7, 11) is 0. The molecule has 1 aliphatic carbocycles. The lowest BCUT2D eigenvalue weighted by atomic mass is 9.81. The largest absolute Gasteiger partial charge is 0.456 e. The highest BCUT2D eigenvalue weighted by Crippen LogP contribution is 2.53. The Morgan fingerprint density at radius 1 is 0.396 bits per heavy atom. The van der Waals surface area contributed by atoms with E-state index in [0.717, 1.165) is 22.6 Å². The molecule has 0 fully saturated rings. The Hall–Kier alpha value is -5.92. The molecule has 0 atom stereocenters. The van der Waals surface area contributed by atoms with Crippen molar-refractivity contribution in [3.8, 4) is 67.1 Å². The highest BCUT2D eigenvalue weighted by Gasteiger charge is 2.36. The van der Waals surface area contributed by atoms with Crippen molar-refractivity contribution in [2.45, 2.75) is 19.3 Å². The SMILES string of the molecule is CC1(C)c2cc(-c3cccc(-c4ccc5c6c(cccc46)-c4ccc(-c6ccccc6)cc4O5)c3)ccc2-c2c1ccc1ccccc21. The molecular weight excluding hydrogens is 581 g/mol. The van der Waals surface area contributed by atoms with Gasteiger partial charge < -0.3 is 4.74 Å². The molecule has 226 valence electrons. The molecule has 0 spiro atoms. The standard InChI is InChI=1S/C47H32O/c1-47(2)41-24-20-30-12-6-7-15-36(30)45(41)40-22-19-32(27-42(40)47)31-13-8-14-34(26-31)35-23-25-43-46-38(35)16-9-17-39(46)37-21-18-33(28-44(37)48-43)29-10-4-3-5-11-29/h3-28H,1-2H3. The van der Waals surface area contributed by atoms with Gasteiger partial charge in [0, 0.05) is 16.4 Å². The molecular formula is C47H32O. The zero-order valence-corrected chi connectivity index (χ0v) is 26.9. The molecule has 0 N–H and O–H groups in total. The maximum atomic E-state index is 6.61. The van der Waals surface area contributed by atoms with Crippen LogP contribution in [0.15, 0.2) is 158 Å². The summed E-state index contributed by atoms with van der Waals surface area (Å²) in [5.41, 5.74) is 15.1. The number of fused-ring (bicyclic) bond motifs is 7. The summed E-state index contributed by atoms with van der Waals surface area (Å²) in [6, 6.07) is 57.5. The van der Waals surface area contributed by atoms with E-state index in [0.29, 0.717) is 0 Å². The summed E-state index contributed by atoms with van der Waals surface area (Å²) in [6.45, 7) is 4.73. The average Bonchev–Trinajstić information content (AvgIpc) is 3.37. The molecule has 0 aromatic heterocycles. The number of hydrogen-bond acceptors (Lipinski definition) is 1. The molecule has 0 radical (unpaired) electrons. The van der Waals surface area contributed by atoms with Crippen LogP contribution in [0.3, 0.4) is 0 Å². The van der Waals surface area contributed by atoms with Crippen LogP contribution >= 0.6 is 0 Å². The summed E-state index contributed by atoms with van der Waals surface area (Å²) in [4.78, 5) is 0. The minimum absolute atomic E-state index is 0.0728. The highest BCUT2D eigenvalue weighted by molar-refractivity contribution is 6.10. The Kier molecular flexibility index (Phi) is 5.69. The molecule has 48 heavy (non-hydrogen) atoms. The molecule has 8 aromatic carbocycles. The van der Waals surface area contributed by atoms with Crippen molar-refractivity contribution in [1.29, 1.82) is 0 Å². The fourth-order valence-electron chi connectivity index (χ4n) is 8.25. The van der Waals surface area contributed by atoms with Crippen molar-refractivity contribution in [1.82, 2.24) is 0 Å². The summed E-state index contributed by atoms with van der Waals surface area (Å²) in [5.74, 6) is 1.81. The molecule has 10 rings (SSSR count). The Bertz CT molecular complexity index is 2610. The molecule has 1 nitrogen and oxygen atoms in total. The number of hydrogen-bond donors (Lipinski definition) is 0. The van der Waals surface area contributed by atoms with E-state index in [-0.39, 0.29) is 5.41 Å². The second-order valence-electron chi connectivity index (χ2n) is 13.7. The van der Waals surface area contributed by atoms with E-state index in [1.165, 1.54) is 77.2 Å². The lowest BCUT2D eigenvalue weighted by molar-refractivity contribution is 0.487. The Balaban J connectivity index is 1.07. The monoisotopic (exact) mass is 612 g/mol. The predicted molar refractivity (Wildman–Crippen MR) is 201 cm³/mol. The van der Waals surface area contributed by atoms with E-state index in [1.807, 2.05) is 0 Å². The average molecular weight is 613 g/mol. The minimum Gasteiger partial charge on any atom is -0.456 e. The van der Waals surface area contributed by atoms with Crippen LogP contribution in [0.1, 0.15) is 25.0 Å².